The first-order valence-electron chi connectivity index (χ1n) is 4.04. The van der Waals surface area contributed by atoms with Crippen LogP contribution in [0.25, 0.3) is 0 Å². The van der Waals surface area contributed by atoms with Gasteiger partial charge in [0.05, 0.1) is 0 Å². The van der Waals surface area contributed by atoms with E-state index in [1.54, 1.807) is 0 Å². The van der Waals surface area contributed by atoms with Gasteiger partial charge < -0.3 is 29.7 Å². The molecule has 0 atom stereocenters. The SMILES string of the molecule is O=C([O-])CCC(CCC(=O)[O-])C(=O)[O-]. The minimum Gasteiger partial charge on any atom is -0.550 e. The maximum atomic E-state index is 10.4. The molecule has 0 aliphatic carbocycles. The smallest absolute Gasteiger partial charge is 0.0445 e. The molecule has 0 aromatic heterocycles. The van der Waals surface area contributed by atoms with Crippen LogP contribution < -0.4 is 15.3 Å². The molecular formula is C8H9O6-3. The standard InChI is InChI=1S/C8H12O6/c9-6(10)3-1-5(8(13)14)2-4-7(11)12/h5H,1-4H2,(H,9,10)(H,11,12)(H,13,14)/p-3. The number of carboxylic acids is 3. The molecule has 14 heavy (non-hydrogen) atoms. The van der Waals surface area contributed by atoms with Crippen molar-refractivity contribution < 1.29 is 29.7 Å². The van der Waals surface area contributed by atoms with Crippen molar-refractivity contribution in [3.8, 4) is 0 Å². The molecule has 0 aliphatic heterocycles. The Hall–Kier alpha value is -1.59. The third-order valence-corrected chi connectivity index (χ3v) is 1.73. The molecule has 0 heterocycles. The largest absolute Gasteiger partial charge is 0.550 e. The lowest BCUT2D eigenvalue weighted by molar-refractivity contribution is -0.314. The number of carboxylic acid groups (broad SMARTS) is 3. The molecule has 0 aliphatic rings. The van der Waals surface area contributed by atoms with Crippen LogP contribution in [0.15, 0.2) is 0 Å². The molecule has 6 heteroatoms. The van der Waals surface area contributed by atoms with Gasteiger partial charge in [-0.1, -0.05) is 0 Å². The lowest BCUT2D eigenvalue weighted by Crippen LogP contribution is -2.34. The highest BCUT2D eigenvalue weighted by Gasteiger charge is 2.09. The Morgan fingerprint density at radius 3 is 1.43 bits per heavy atom. The molecule has 0 amide bonds. The summed E-state index contributed by atoms with van der Waals surface area (Å²) in [6.07, 6.45) is -1.21. The van der Waals surface area contributed by atoms with Crippen LogP contribution in [0.4, 0.5) is 0 Å². The van der Waals surface area contributed by atoms with E-state index >= 15 is 0 Å². The summed E-state index contributed by atoms with van der Waals surface area (Å²) in [5, 5.41) is 30.4. The summed E-state index contributed by atoms with van der Waals surface area (Å²) in [4.78, 5) is 30.4. The van der Waals surface area contributed by atoms with Gasteiger partial charge in [0, 0.05) is 17.9 Å². The molecule has 0 rings (SSSR count). The van der Waals surface area contributed by atoms with Gasteiger partial charge in [0.25, 0.3) is 0 Å². The molecule has 0 aromatic rings. The van der Waals surface area contributed by atoms with Crippen LogP contribution in [-0.4, -0.2) is 17.9 Å². The number of carbonyl (C=O) groups is 3. The summed E-state index contributed by atoms with van der Waals surface area (Å²) >= 11 is 0. The Kier molecular flexibility index (Phi) is 5.28. The van der Waals surface area contributed by atoms with Crippen molar-refractivity contribution in [2.45, 2.75) is 25.7 Å². The van der Waals surface area contributed by atoms with Gasteiger partial charge in [-0.05, 0) is 31.6 Å². The molecule has 0 spiro atoms. The highest BCUT2D eigenvalue weighted by Crippen LogP contribution is 2.12. The normalized spacial score (nSPS) is 10.1. The lowest BCUT2D eigenvalue weighted by Gasteiger charge is -2.18. The predicted octanol–water partition coefficient (Wildman–Crippen LogP) is -3.59. The molecule has 0 saturated heterocycles. The van der Waals surface area contributed by atoms with Crippen molar-refractivity contribution in [3.05, 3.63) is 0 Å². The number of aliphatic carboxylic acids is 3. The second kappa shape index (κ2) is 5.95. The summed E-state index contributed by atoms with van der Waals surface area (Å²) in [6, 6.07) is 0. The van der Waals surface area contributed by atoms with Crippen molar-refractivity contribution in [2.24, 2.45) is 5.92 Å². The molecule has 0 aromatic carbocycles. The fourth-order valence-electron chi connectivity index (χ4n) is 0.964. The van der Waals surface area contributed by atoms with Gasteiger partial charge in [-0.25, -0.2) is 0 Å². The third-order valence-electron chi connectivity index (χ3n) is 1.73. The first-order valence-corrected chi connectivity index (χ1v) is 4.04. The Morgan fingerprint density at radius 1 is 0.857 bits per heavy atom. The van der Waals surface area contributed by atoms with E-state index in [-0.39, 0.29) is 12.8 Å². The molecule has 0 fully saturated rings. The minimum absolute atomic E-state index is 0.183. The highest BCUT2D eigenvalue weighted by atomic mass is 16.4. The van der Waals surface area contributed by atoms with E-state index in [4.69, 9.17) is 0 Å². The van der Waals surface area contributed by atoms with Crippen molar-refractivity contribution in [3.63, 3.8) is 0 Å². The van der Waals surface area contributed by atoms with Gasteiger partial charge in [-0.2, -0.15) is 0 Å². The fraction of sp³-hybridized carbons (Fsp3) is 0.625. The molecule has 0 radical (unpaired) electrons. The van der Waals surface area contributed by atoms with Crippen LogP contribution in [0.1, 0.15) is 25.7 Å². The fourth-order valence-corrected chi connectivity index (χ4v) is 0.964. The lowest BCUT2D eigenvalue weighted by atomic mass is 9.98. The maximum absolute atomic E-state index is 10.4. The summed E-state index contributed by atoms with van der Waals surface area (Å²) in [5.41, 5.74) is 0. The quantitative estimate of drug-likeness (QED) is 0.419. The van der Waals surface area contributed by atoms with Gasteiger partial charge in [-0.3, -0.25) is 0 Å². The van der Waals surface area contributed by atoms with Gasteiger partial charge in [0.2, 0.25) is 0 Å². The van der Waals surface area contributed by atoms with Gasteiger partial charge in [0.15, 0.2) is 0 Å². The van der Waals surface area contributed by atoms with Gasteiger partial charge in [0.1, 0.15) is 0 Å². The number of rotatable bonds is 7. The Morgan fingerprint density at radius 2 is 1.21 bits per heavy atom. The van der Waals surface area contributed by atoms with E-state index in [0.717, 1.165) is 0 Å². The van der Waals surface area contributed by atoms with E-state index < -0.39 is 36.7 Å². The second-order valence-corrected chi connectivity index (χ2v) is 2.84. The van der Waals surface area contributed by atoms with Crippen LogP contribution in [0.3, 0.4) is 0 Å². The van der Waals surface area contributed by atoms with Gasteiger partial charge in [-0.15, -0.1) is 0 Å². The second-order valence-electron chi connectivity index (χ2n) is 2.84. The van der Waals surface area contributed by atoms with E-state index in [1.807, 2.05) is 0 Å². The van der Waals surface area contributed by atoms with Crippen molar-refractivity contribution in [1.82, 2.24) is 0 Å². The third kappa shape index (κ3) is 5.99. The Balaban J connectivity index is 3.96. The Labute approximate surface area is 80.2 Å². The zero-order valence-corrected chi connectivity index (χ0v) is 7.36. The number of carbonyl (C=O) groups excluding carboxylic acids is 3. The average Bonchev–Trinajstić information content (AvgIpc) is 2.02. The summed E-state index contributed by atoms with van der Waals surface area (Å²) in [5.74, 6) is -5.27. The van der Waals surface area contributed by atoms with Crippen molar-refractivity contribution in [1.29, 1.82) is 0 Å². The molecule has 0 saturated carbocycles. The van der Waals surface area contributed by atoms with Crippen molar-refractivity contribution >= 4 is 17.9 Å². The van der Waals surface area contributed by atoms with E-state index in [9.17, 15) is 29.7 Å². The first kappa shape index (κ1) is 12.4. The minimum atomic E-state index is -1.45. The summed E-state index contributed by atoms with van der Waals surface area (Å²) in [6.45, 7) is 0. The Bertz CT molecular complexity index is 216. The summed E-state index contributed by atoms with van der Waals surface area (Å²) < 4.78 is 0. The van der Waals surface area contributed by atoms with Crippen LogP contribution >= 0.6 is 0 Å². The molecule has 0 unspecified atom stereocenters. The maximum Gasteiger partial charge on any atom is 0.0445 e. The average molecular weight is 201 g/mol. The van der Waals surface area contributed by atoms with Crippen LogP contribution in [0, 0.1) is 5.92 Å². The van der Waals surface area contributed by atoms with Gasteiger partial charge >= 0.3 is 0 Å². The van der Waals surface area contributed by atoms with Crippen LogP contribution in [-0.2, 0) is 14.4 Å². The van der Waals surface area contributed by atoms with E-state index in [2.05, 4.69) is 0 Å². The summed E-state index contributed by atoms with van der Waals surface area (Å²) in [7, 11) is 0. The van der Waals surface area contributed by atoms with Crippen LogP contribution in [0.2, 0.25) is 0 Å². The molecule has 0 N–H and O–H groups in total. The topological polar surface area (TPSA) is 120 Å². The highest BCUT2D eigenvalue weighted by molar-refractivity contribution is 5.71. The zero-order chi connectivity index (χ0) is 11.1. The zero-order valence-electron chi connectivity index (χ0n) is 7.36. The van der Waals surface area contributed by atoms with Crippen LogP contribution in [0.5, 0.6) is 0 Å². The molecule has 80 valence electrons. The monoisotopic (exact) mass is 201 g/mol. The molecular weight excluding hydrogens is 192 g/mol. The van der Waals surface area contributed by atoms with E-state index in [1.165, 1.54) is 0 Å². The molecule has 0 bridgehead atoms. The van der Waals surface area contributed by atoms with E-state index in [0.29, 0.717) is 0 Å². The molecule has 6 nitrogen and oxygen atoms in total. The number of hydrogen-bond donors (Lipinski definition) is 0. The predicted molar refractivity (Wildman–Crippen MR) is 37.0 cm³/mol. The first-order chi connectivity index (χ1) is 6.43. The number of hydrogen-bond acceptors (Lipinski definition) is 6. The van der Waals surface area contributed by atoms with Crippen molar-refractivity contribution in [2.75, 3.05) is 0 Å².